The molecule has 3 rings (SSSR count). The Labute approximate surface area is 182 Å². The van der Waals surface area contributed by atoms with Crippen molar-refractivity contribution in [3.8, 4) is 0 Å². The third kappa shape index (κ3) is 5.38. The quantitative estimate of drug-likeness (QED) is 0.316. The molecule has 9 heteroatoms. The van der Waals surface area contributed by atoms with Gasteiger partial charge in [0.15, 0.2) is 5.16 Å². The minimum Gasteiger partial charge on any atom is -0.385 e. The number of nitrogens with zero attached hydrogens (tertiary/aromatic N) is 2. The Hall–Kier alpha value is -2.42. The number of hydrogen-bond donors (Lipinski definition) is 1. The highest BCUT2D eigenvalue weighted by Crippen LogP contribution is 2.21. The van der Waals surface area contributed by atoms with E-state index in [2.05, 4.69) is 10.3 Å². The van der Waals surface area contributed by atoms with Crippen LogP contribution in [0.3, 0.4) is 0 Å². The van der Waals surface area contributed by atoms with Crippen molar-refractivity contribution in [2.24, 2.45) is 0 Å². The number of amides is 1. The second kappa shape index (κ2) is 10.1. The zero-order valence-corrected chi connectivity index (χ0v) is 18.1. The van der Waals surface area contributed by atoms with Crippen LogP contribution in [-0.4, -0.2) is 34.9 Å². The smallest absolute Gasteiger partial charge is 0.262 e. The highest BCUT2D eigenvalue weighted by molar-refractivity contribution is 7.99. The van der Waals surface area contributed by atoms with Crippen molar-refractivity contribution in [1.82, 2.24) is 9.55 Å². The topological polar surface area (TPSA) is 73.2 Å². The van der Waals surface area contributed by atoms with Crippen molar-refractivity contribution in [2.75, 3.05) is 24.8 Å². The normalized spacial score (nSPS) is 11.1. The number of halogens is 2. The third-order valence-corrected chi connectivity index (χ3v) is 5.61. The van der Waals surface area contributed by atoms with Gasteiger partial charge < -0.3 is 10.1 Å². The molecule has 158 valence electrons. The first-order chi connectivity index (χ1) is 14.4. The predicted molar refractivity (Wildman–Crippen MR) is 118 cm³/mol. The number of methoxy groups -OCH3 is 1. The zero-order valence-electron chi connectivity index (χ0n) is 16.6. The van der Waals surface area contributed by atoms with E-state index < -0.39 is 0 Å². The molecule has 0 spiro atoms. The van der Waals surface area contributed by atoms with Gasteiger partial charge in [-0.15, -0.1) is 0 Å². The van der Waals surface area contributed by atoms with Crippen LogP contribution in [0.1, 0.15) is 12.0 Å². The van der Waals surface area contributed by atoms with E-state index in [1.807, 2.05) is 0 Å². The summed E-state index contributed by atoms with van der Waals surface area (Å²) in [7, 11) is 1.59. The average Bonchev–Trinajstić information content (AvgIpc) is 2.71. The molecule has 6 nitrogen and oxygen atoms in total. The number of carbonyl (C=O) groups excluding carboxylic acids is 1. The number of aryl methyl sites for hydroxylation is 1. The number of carbonyl (C=O) groups is 1. The lowest BCUT2D eigenvalue weighted by Crippen LogP contribution is -2.25. The van der Waals surface area contributed by atoms with Crippen LogP contribution in [-0.2, 0) is 16.1 Å². The van der Waals surface area contributed by atoms with Gasteiger partial charge in [0.1, 0.15) is 5.82 Å². The van der Waals surface area contributed by atoms with Gasteiger partial charge in [0.2, 0.25) is 5.91 Å². The van der Waals surface area contributed by atoms with Gasteiger partial charge in [0, 0.05) is 31.0 Å². The second-order valence-corrected chi connectivity index (χ2v) is 8.04. The predicted octanol–water partition coefficient (Wildman–Crippen LogP) is 4.26. The lowest BCUT2D eigenvalue weighted by atomic mass is 10.2. The Morgan fingerprint density at radius 2 is 2.10 bits per heavy atom. The molecule has 1 N–H and O–H groups in total. The van der Waals surface area contributed by atoms with E-state index in [-0.39, 0.29) is 23.0 Å². The SMILES string of the molecule is COCCCn1c(SCC(=O)Nc2ccc(C)c(F)c2)nc2cc(Cl)ccc2c1=O. The number of fused-ring (bicyclic) bond motifs is 1. The van der Waals surface area contributed by atoms with Crippen molar-refractivity contribution in [3.63, 3.8) is 0 Å². The molecule has 1 amide bonds. The fourth-order valence-electron chi connectivity index (χ4n) is 2.85. The van der Waals surface area contributed by atoms with Gasteiger partial charge in [-0.25, -0.2) is 9.37 Å². The van der Waals surface area contributed by atoms with Crippen LogP contribution < -0.4 is 10.9 Å². The molecule has 0 aliphatic carbocycles. The molecule has 1 aromatic heterocycles. The van der Waals surface area contributed by atoms with Gasteiger partial charge in [-0.05, 0) is 49.2 Å². The molecular formula is C21H21ClFN3O3S. The van der Waals surface area contributed by atoms with E-state index in [0.29, 0.717) is 51.9 Å². The Morgan fingerprint density at radius 3 is 2.83 bits per heavy atom. The lowest BCUT2D eigenvalue weighted by Gasteiger charge is -2.13. The van der Waals surface area contributed by atoms with Gasteiger partial charge in [-0.2, -0.15) is 0 Å². The summed E-state index contributed by atoms with van der Waals surface area (Å²) >= 11 is 7.18. The van der Waals surface area contributed by atoms with E-state index in [1.54, 1.807) is 48.9 Å². The summed E-state index contributed by atoms with van der Waals surface area (Å²) in [6.07, 6.45) is 0.625. The van der Waals surface area contributed by atoms with Gasteiger partial charge in [0.25, 0.3) is 5.56 Å². The first kappa shape index (κ1) is 22.3. The molecule has 0 radical (unpaired) electrons. The molecule has 0 atom stereocenters. The molecule has 0 unspecified atom stereocenters. The molecule has 0 saturated carbocycles. The van der Waals surface area contributed by atoms with Crippen LogP contribution in [0.25, 0.3) is 10.9 Å². The minimum absolute atomic E-state index is 0.0122. The van der Waals surface area contributed by atoms with Crippen molar-refractivity contribution in [3.05, 3.63) is 63.2 Å². The van der Waals surface area contributed by atoms with Crippen LogP contribution in [0.4, 0.5) is 10.1 Å². The molecular weight excluding hydrogens is 429 g/mol. The molecule has 0 saturated heterocycles. The molecule has 30 heavy (non-hydrogen) atoms. The Morgan fingerprint density at radius 1 is 1.30 bits per heavy atom. The van der Waals surface area contributed by atoms with Crippen LogP contribution in [0.5, 0.6) is 0 Å². The summed E-state index contributed by atoms with van der Waals surface area (Å²) < 4.78 is 20.3. The maximum absolute atomic E-state index is 13.7. The van der Waals surface area contributed by atoms with Crippen molar-refractivity contribution < 1.29 is 13.9 Å². The van der Waals surface area contributed by atoms with Gasteiger partial charge in [-0.1, -0.05) is 29.4 Å². The maximum atomic E-state index is 13.7. The standard InChI is InChI=1S/C21H21ClFN3O3S/c1-13-4-6-15(11-17(13)23)24-19(27)12-30-21-25-18-10-14(22)5-7-16(18)20(28)26(21)8-3-9-29-2/h4-7,10-11H,3,8-9,12H2,1-2H3,(H,24,27). The zero-order chi connectivity index (χ0) is 21.7. The summed E-state index contributed by atoms with van der Waals surface area (Å²) in [5, 5.41) is 4.00. The van der Waals surface area contributed by atoms with Gasteiger partial charge >= 0.3 is 0 Å². The van der Waals surface area contributed by atoms with Crippen LogP contribution >= 0.6 is 23.4 Å². The number of aromatic nitrogens is 2. The number of nitrogens with one attached hydrogen (secondary N) is 1. The molecule has 0 bridgehead atoms. The molecule has 3 aromatic rings. The highest BCUT2D eigenvalue weighted by Gasteiger charge is 2.14. The lowest BCUT2D eigenvalue weighted by molar-refractivity contribution is -0.113. The fraction of sp³-hybridized carbons (Fsp3) is 0.286. The summed E-state index contributed by atoms with van der Waals surface area (Å²) in [4.78, 5) is 29.8. The molecule has 2 aromatic carbocycles. The number of ether oxygens (including phenoxy) is 1. The van der Waals surface area contributed by atoms with Gasteiger partial charge in [-0.3, -0.25) is 14.2 Å². The number of rotatable bonds is 8. The number of anilines is 1. The Bertz CT molecular complexity index is 1140. The van der Waals surface area contributed by atoms with Crippen molar-refractivity contribution >= 4 is 45.9 Å². The van der Waals surface area contributed by atoms with Crippen LogP contribution in [0.2, 0.25) is 5.02 Å². The van der Waals surface area contributed by atoms with Crippen LogP contribution in [0.15, 0.2) is 46.3 Å². The first-order valence-corrected chi connectivity index (χ1v) is 10.6. The largest absolute Gasteiger partial charge is 0.385 e. The number of benzene rings is 2. The van der Waals surface area contributed by atoms with E-state index in [9.17, 15) is 14.0 Å². The third-order valence-electron chi connectivity index (χ3n) is 4.40. The van der Waals surface area contributed by atoms with Crippen LogP contribution in [0, 0.1) is 12.7 Å². The van der Waals surface area contributed by atoms with E-state index >= 15 is 0 Å². The monoisotopic (exact) mass is 449 g/mol. The van der Waals surface area contributed by atoms with E-state index in [0.717, 1.165) is 11.8 Å². The maximum Gasteiger partial charge on any atom is 0.262 e. The fourth-order valence-corrected chi connectivity index (χ4v) is 3.84. The number of thioether (sulfide) groups is 1. The summed E-state index contributed by atoms with van der Waals surface area (Å²) in [5.41, 5.74) is 1.15. The van der Waals surface area contributed by atoms with Gasteiger partial charge in [0.05, 0.1) is 16.7 Å². The van der Waals surface area contributed by atoms with E-state index in [1.165, 1.54) is 6.07 Å². The average molecular weight is 450 g/mol. The van der Waals surface area contributed by atoms with Crippen molar-refractivity contribution in [2.45, 2.75) is 25.0 Å². The molecule has 0 aliphatic heterocycles. The van der Waals surface area contributed by atoms with E-state index in [4.69, 9.17) is 16.3 Å². The van der Waals surface area contributed by atoms with Crippen molar-refractivity contribution in [1.29, 1.82) is 0 Å². The summed E-state index contributed by atoms with van der Waals surface area (Å²) in [5.74, 6) is -0.703. The summed E-state index contributed by atoms with van der Waals surface area (Å²) in [6, 6.07) is 9.42. The molecule has 0 aliphatic rings. The molecule has 0 fully saturated rings. The highest BCUT2D eigenvalue weighted by atomic mass is 35.5. The summed E-state index contributed by atoms with van der Waals surface area (Å²) in [6.45, 7) is 2.55. The Balaban J connectivity index is 1.82. The molecule has 1 heterocycles. The minimum atomic E-state index is -0.388. The Kier molecular flexibility index (Phi) is 7.47. The first-order valence-electron chi connectivity index (χ1n) is 9.27. The number of hydrogen-bond acceptors (Lipinski definition) is 5. The second-order valence-electron chi connectivity index (χ2n) is 6.66.